The summed E-state index contributed by atoms with van der Waals surface area (Å²) in [6.45, 7) is 1.75. The molecule has 104 valence electrons. The molecule has 1 aromatic rings. The molecule has 8 heteroatoms. The highest BCUT2D eigenvalue weighted by Crippen LogP contribution is 2.29. The second-order valence-corrected chi connectivity index (χ2v) is 6.50. The number of nitrogens with one attached hydrogen (secondary N) is 1. The van der Waals surface area contributed by atoms with Crippen LogP contribution in [0.5, 0.6) is 0 Å². The van der Waals surface area contributed by atoms with Crippen LogP contribution >= 0.6 is 55.1 Å². The van der Waals surface area contributed by atoms with E-state index in [0.717, 1.165) is 5.56 Å². The van der Waals surface area contributed by atoms with Crippen molar-refractivity contribution in [3.05, 3.63) is 27.7 Å². The highest BCUT2D eigenvalue weighted by atomic mass is 79.9. The van der Waals surface area contributed by atoms with Crippen LogP contribution in [0.2, 0.25) is 10.0 Å². The van der Waals surface area contributed by atoms with Crippen LogP contribution in [0.4, 0.5) is 5.69 Å². The summed E-state index contributed by atoms with van der Waals surface area (Å²) in [5, 5.41) is 12.1. The van der Waals surface area contributed by atoms with Gasteiger partial charge in [0.15, 0.2) is 0 Å². The third-order valence-corrected chi connectivity index (χ3v) is 5.56. The van der Waals surface area contributed by atoms with E-state index in [-0.39, 0.29) is 0 Å². The summed E-state index contributed by atoms with van der Waals surface area (Å²) in [5.41, 5.74) is 1.21. The zero-order chi connectivity index (χ0) is 14.7. The number of carbonyl (C=O) groups is 2. The van der Waals surface area contributed by atoms with Crippen LogP contribution in [0.15, 0.2) is 12.1 Å². The molecule has 1 aromatic carbocycles. The van der Waals surface area contributed by atoms with E-state index in [1.807, 2.05) is 0 Å². The third-order valence-electron chi connectivity index (χ3n) is 2.27. The first-order valence-electron chi connectivity index (χ1n) is 5.01. The molecule has 0 saturated heterocycles. The molecule has 0 aromatic heterocycles. The van der Waals surface area contributed by atoms with E-state index in [9.17, 15) is 9.59 Å². The van der Waals surface area contributed by atoms with Crippen LogP contribution in [0.1, 0.15) is 5.56 Å². The molecule has 1 rings (SSSR count). The molecule has 0 aliphatic carbocycles. The van der Waals surface area contributed by atoms with Gasteiger partial charge in [-0.2, -0.15) is 0 Å². The summed E-state index contributed by atoms with van der Waals surface area (Å²) in [4.78, 5) is 20.7. The van der Waals surface area contributed by atoms with Gasteiger partial charge in [0.2, 0.25) is 5.91 Å². The second kappa shape index (κ2) is 6.92. The number of rotatable bonds is 4. The highest BCUT2D eigenvalue weighted by molar-refractivity contribution is 9.12. The lowest BCUT2D eigenvalue weighted by atomic mass is 10.2. The van der Waals surface area contributed by atoms with Gasteiger partial charge in [0, 0.05) is 5.69 Å². The number of carboxylic acids is 1. The molecule has 0 aliphatic heterocycles. The Balaban J connectivity index is 2.88. The van der Waals surface area contributed by atoms with Gasteiger partial charge in [0.05, 0.1) is 10.0 Å². The van der Waals surface area contributed by atoms with Crippen molar-refractivity contribution in [1.29, 1.82) is 0 Å². The van der Waals surface area contributed by atoms with Crippen LogP contribution in [0, 0.1) is 6.92 Å². The maximum atomic E-state index is 11.9. The first kappa shape index (κ1) is 16.8. The minimum Gasteiger partial charge on any atom is -0.480 e. The molecule has 0 aliphatic rings. The number of carbonyl (C=O) groups excluding carboxylic acids is 1. The summed E-state index contributed by atoms with van der Waals surface area (Å²) in [5.74, 6) is -1.63. The molecule has 0 fully saturated rings. The molecule has 0 saturated carbocycles. The number of carboxylic acid groups (broad SMARTS) is 1. The Hall–Kier alpha value is -0.300. The number of benzene rings is 1. The van der Waals surface area contributed by atoms with Gasteiger partial charge in [-0.15, -0.1) is 0 Å². The summed E-state index contributed by atoms with van der Waals surface area (Å²) < 4.78 is 0. The standard InChI is InChI=1S/C11H9Br2Cl2NO3/c1-4-2-5(14)6(15)3-7(4)16-10(17)8(12)9(13)11(18)19/h2-3,8-9H,1H3,(H,16,17)(H,18,19)/t8-,9+/m0/s1. The van der Waals surface area contributed by atoms with E-state index >= 15 is 0 Å². The summed E-state index contributed by atoms with van der Waals surface area (Å²) in [6, 6.07) is 3.13. The first-order chi connectivity index (χ1) is 8.73. The van der Waals surface area contributed by atoms with Crippen molar-refractivity contribution in [3.8, 4) is 0 Å². The number of hydrogen-bond donors (Lipinski definition) is 2. The smallest absolute Gasteiger partial charge is 0.318 e. The highest BCUT2D eigenvalue weighted by Gasteiger charge is 2.29. The molecule has 2 N–H and O–H groups in total. The van der Waals surface area contributed by atoms with Crippen molar-refractivity contribution in [2.45, 2.75) is 16.6 Å². The number of anilines is 1. The van der Waals surface area contributed by atoms with Crippen LogP contribution < -0.4 is 5.32 Å². The van der Waals surface area contributed by atoms with Gasteiger partial charge in [-0.1, -0.05) is 55.1 Å². The van der Waals surface area contributed by atoms with E-state index in [1.165, 1.54) is 6.07 Å². The number of aryl methyl sites for hydroxylation is 1. The largest absolute Gasteiger partial charge is 0.480 e. The molecule has 0 unspecified atom stereocenters. The summed E-state index contributed by atoms with van der Waals surface area (Å²) in [6.07, 6.45) is 0. The molecule has 0 heterocycles. The van der Waals surface area contributed by atoms with E-state index < -0.39 is 21.5 Å². The normalized spacial score (nSPS) is 13.7. The lowest BCUT2D eigenvalue weighted by Crippen LogP contribution is -2.34. The topological polar surface area (TPSA) is 66.4 Å². The zero-order valence-corrected chi connectivity index (χ0v) is 14.3. The maximum Gasteiger partial charge on any atom is 0.318 e. The SMILES string of the molecule is Cc1cc(Cl)c(Cl)cc1NC(=O)[C@@H](Br)[C@@H](Br)C(=O)O. The monoisotopic (exact) mass is 431 g/mol. The Morgan fingerprint density at radius 2 is 1.74 bits per heavy atom. The van der Waals surface area contributed by atoms with Gasteiger partial charge in [-0.05, 0) is 24.6 Å². The predicted octanol–water partition coefficient (Wildman–Crippen LogP) is 3.85. The van der Waals surface area contributed by atoms with Crippen LogP contribution in [0.3, 0.4) is 0 Å². The van der Waals surface area contributed by atoms with Gasteiger partial charge in [-0.25, -0.2) is 0 Å². The summed E-state index contributed by atoms with van der Waals surface area (Å²) >= 11 is 17.6. The quantitative estimate of drug-likeness (QED) is 0.709. The Kier molecular flexibility index (Phi) is 6.11. The minimum atomic E-state index is -1.14. The number of halogens is 4. The zero-order valence-electron chi connectivity index (χ0n) is 9.58. The number of alkyl halides is 2. The Morgan fingerprint density at radius 1 is 1.21 bits per heavy atom. The fourth-order valence-electron chi connectivity index (χ4n) is 1.24. The second-order valence-electron chi connectivity index (χ2n) is 3.71. The molecule has 2 atom stereocenters. The van der Waals surface area contributed by atoms with Crippen molar-refractivity contribution in [2.75, 3.05) is 5.32 Å². The van der Waals surface area contributed by atoms with E-state index in [4.69, 9.17) is 28.3 Å². The molecule has 0 radical (unpaired) electrons. The Bertz CT molecular complexity index is 525. The summed E-state index contributed by atoms with van der Waals surface area (Å²) in [7, 11) is 0. The molecule has 4 nitrogen and oxygen atoms in total. The molecule has 19 heavy (non-hydrogen) atoms. The lowest BCUT2D eigenvalue weighted by Gasteiger charge is -2.15. The maximum absolute atomic E-state index is 11.9. The van der Waals surface area contributed by atoms with Crippen molar-refractivity contribution in [3.63, 3.8) is 0 Å². The number of amides is 1. The molecular formula is C11H9Br2Cl2NO3. The van der Waals surface area contributed by atoms with Gasteiger partial charge >= 0.3 is 5.97 Å². The van der Waals surface area contributed by atoms with E-state index in [1.54, 1.807) is 13.0 Å². The van der Waals surface area contributed by atoms with E-state index in [0.29, 0.717) is 15.7 Å². The van der Waals surface area contributed by atoms with Crippen LogP contribution in [0.25, 0.3) is 0 Å². The minimum absolute atomic E-state index is 0.308. The van der Waals surface area contributed by atoms with Crippen molar-refractivity contribution < 1.29 is 14.7 Å². The van der Waals surface area contributed by atoms with Gasteiger partial charge in [0.25, 0.3) is 0 Å². The third kappa shape index (κ3) is 4.34. The first-order valence-corrected chi connectivity index (χ1v) is 7.60. The number of aliphatic carboxylic acids is 1. The molecule has 1 amide bonds. The Morgan fingerprint density at radius 3 is 2.26 bits per heavy atom. The van der Waals surface area contributed by atoms with Crippen molar-refractivity contribution in [1.82, 2.24) is 0 Å². The molecular weight excluding hydrogens is 425 g/mol. The number of hydrogen-bond acceptors (Lipinski definition) is 2. The van der Waals surface area contributed by atoms with Gasteiger partial charge in [0.1, 0.15) is 9.65 Å². The fraction of sp³-hybridized carbons (Fsp3) is 0.273. The average Bonchev–Trinajstić information content (AvgIpc) is 2.33. The lowest BCUT2D eigenvalue weighted by molar-refractivity contribution is -0.137. The van der Waals surface area contributed by atoms with Crippen LogP contribution in [-0.2, 0) is 9.59 Å². The van der Waals surface area contributed by atoms with Crippen molar-refractivity contribution in [2.24, 2.45) is 0 Å². The van der Waals surface area contributed by atoms with Gasteiger partial charge < -0.3 is 10.4 Å². The van der Waals surface area contributed by atoms with E-state index in [2.05, 4.69) is 37.2 Å². The van der Waals surface area contributed by atoms with Crippen molar-refractivity contribution >= 4 is 72.6 Å². The molecule has 0 bridgehead atoms. The fourth-order valence-corrected chi connectivity index (χ4v) is 2.20. The van der Waals surface area contributed by atoms with Crippen LogP contribution in [-0.4, -0.2) is 26.6 Å². The van der Waals surface area contributed by atoms with Gasteiger partial charge in [-0.3, -0.25) is 9.59 Å². The average molecular weight is 434 g/mol. The molecule has 0 spiro atoms. The predicted molar refractivity (Wildman–Crippen MR) is 82.9 cm³/mol. The Labute approximate surface area is 136 Å².